The van der Waals surface area contributed by atoms with Crippen molar-refractivity contribution in [3.63, 3.8) is 0 Å². The lowest BCUT2D eigenvalue weighted by molar-refractivity contribution is 0.212. The Morgan fingerprint density at radius 1 is 1.26 bits per heavy atom. The van der Waals surface area contributed by atoms with Gasteiger partial charge >= 0.3 is 6.03 Å². The van der Waals surface area contributed by atoms with Crippen molar-refractivity contribution in [1.82, 2.24) is 9.47 Å². The fraction of sp³-hybridized carbons (Fsp3) is 0.200. The molecule has 7 heteroatoms. The van der Waals surface area contributed by atoms with E-state index < -0.39 is 5.82 Å². The number of aromatic nitrogens is 1. The SMILES string of the molecule is CCN(Cc1cn(C)c(=N)c2ccccc12)C(=O)Nc1ccc(F)c(Cl)c1. The number of halogens is 2. The van der Waals surface area contributed by atoms with Gasteiger partial charge in [-0.2, -0.15) is 0 Å². The Hall–Kier alpha value is -2.86. The third kappa shape index (κ3) is 3.95. The van der Waals surface area contributed by atoms with Crippen LogP contribution in [-0.2, 0) is 13.6 Å². The maximum atomic E-state index is 13.3. The van der Waals surface area contributed by atoms with Crippen LogP contribution in [0.15, 0.2) is 48.7 Å². The van der Waals surface area contributed by atoms with Gasteiger partial charge in [-0.25, -0.2) is 9.18 Å². The summed E-state index contributed by atoms with van der Waals surface area (Å²) in [5, 5.41) is 12.7. The Labute approximate surface area is 161 Å². The van der Waals surface area contributed by atoms with E-state index in [1.807, 2.05) is 44.4 Å². The van der Waals surface area contributed by atoms with Gasteiger partial charge in [0.1, 0.15) is 11.3 Å². The average molecular weight is 387 g/mol. The molecule has 2 N–H and O–H groups in total. The first-order valence-corrected chi connectivity index (χ1v) is 8.91. The number of amides is 2. The first kappa shape index (κ1) is 18.9. The summed E-state index contributed by atoms with van der Waals surface area (Å²) >= 11 is 5.78. The number of urea groups is 1. The summed E-state index contributed by atoms with van der Waals surface area (Å²) in [5.74, 6) is -0.531. The molecule has 1 aromatic heterocycles. The predicted octanol–water partition coefficient (Wildman–Crippen LogP) is 4.50. The second-order valence-electron chi connectivity index (χ2n) is 6.23. The van der Waals surface area contributed by atoms with E-state index in [0.717, 1.165) is 16.3 Å². The van der Waals surface area contributed by atoms with Gasteiger partial charge in [-0.3, -0.25) is 5.41 Å². The van der Waals surface area contributed by atoms with Crippen LogP contribution in [0.1, 0.15) is 12.5 Å². The first-order valence-electron chi connectivity index (χ1n) is 8.53. The standard InChI is InChI=1S/C20H20ClFN4O/c1-3-26(20(27)24-14-8-9-18(22)17(21)10-14)12-13-11-25(2)19(23)16-7-5-4-6-15(13)16/h4-11,23H,3,12H2,1-2H3,(H,24,27). The third-order valence-corrected chi connectivity index (χ3v) is 4.72. The van der Waals surface area contributed by atoms with Crippen LogP contribution in [0.2, 0.25) is 5.02 Å². The van der Waals surface area contributed by atoms with Crippen molar-refractivity contribution in [2.45, 2.75) is 13.5 Å². The number of hydrogen-bond acceptors (Lipinski definition) is 2. The number of anilines is 1. The van der Waals surface area contributed by atoms with Gasteiger partial charge in [-0.15, -0.1) is 0 Å². The molecule has 2 amide bonds. The average Bonchev–Trinajstić information content (AvgIpc) is 2.66. The van der Waals surface area contributed by atoms with Crippen molar-refractivity contribution in [2.24, 2.45) is 7.05 Å². The molecule has 3 rings (SSSR count). The zero-order chi connectivity index (χ0) is 19.6. The van der Waals surface area contributed by atoms with Crippen LogP contribution in [0.5, 0.6) is 0 Å². The van der Waals surface area contributed by atoms with Crippen molar-refractivity contribution in [3.05, 3.63) is 70.6 Å². The number of pyridine rings is 1. The second-order valence-corrected chi connectivity index (χ2v) is 6.64. The van der Waals surface area contributed by atoms with E-state index in [2.05, 4.69) is 5.32 Å². The van der Waals surface area contributed by atoms with Crippen molar-refractivity contribution in [3.8, 4) is 0 Å². The lowest BCUT2D eigenvalue weighted by Crippen LogP contribution is -2.34. The Balaban J connectivity index is 1.88. The second kappa shape index (κ2) is 7.80. The predicted molar refractivity (Wildman–Crippen MR) is 105 cm³/mol. The van der Waals surface area contributed by atoms with E-state index in [4.69, 9.17) is 17.0 Å². The molecule has 2 aromatic carbocycles. The number of nitrogens with zero attached hydrogens (tertiary/aromatic N) is 2. The molecule has 3 aromatic rings. The molecule has 0 aliphatic rings. The van der Waals surface area contributed by atoms with Gasteiger partial charge in [0.15, 0.2) is 0 Å². The zero-order valence-electron chi connectivity index (χ0n) is 15.1. The molecule has 0 atom stereocenters. The molecule has 0 fully saturated rings. The summed E-state index contributed by atoms with van der Waals surface area (Å²) in [6.07, 6.45) is 1.87. The highest BCUT2D eigenvalue weighted by molar-refractivity contribution is 6.31. The minimum atomic E-state index is -0.531. The Morgan fingerprint density at radius 2 is 1.96 bits per heavy atom. The molecule has 5 nitrogen and oxygen atoms in total. The van der Waals surface area contributed by atoms with E-state index in [1.165, 1.54) is 18.2 Å². The normalized spacial score (nSPS) is 10.8. The fourth-order valence-electron chi connectivity index (χ4n) is 2.96. The summed E-state index contributed by atoms with van der Waals surface area (Å²) in [5.41, 5.74) is 1.79. The van der Waals surface area contributed by atoms with Crippen molar-refractivity contribution in [1.29, 1.82) is 5.41 Å². The van der Waals surface area contributed by atoms with Gasteiger partial charge in [0, 0.05) is 37.4 Å². The van der Waals surface area contributed by atoms with Crippen molar-refractivity contribution < 1.29 is 9.18 Å². The number of carbonyl (C=O) groups excluding carboxylic acids is 1. The highest BCUT2D eigenvalue weighted by Gasteiger charge is 2.15. The molecule has 0 radical (unpaired) electrons. The van der Waals surface area contributed by atoms with E-state index >= 15 is 0 Å². The van der Waals surface area contributed by atoms with Crippen molar-refractivity contribution in [2.75, 3.05) is 11.9 Å². The topological polar surface area (TPSA) is 61.1 Å². The lowest BCUT2D eigenvalue weighted by Gasteiger charge is -2.23. The number of hydrogen-bond donors (Lipinski definition) is 2. The molecule has 0 bridgehead atoms. The van der Waals surface area contributed by atoms with Gasteiger partial charge in [-0.05, 0) is 36.1 Å². The monoisotopic (exact) mass is 386 g/mol. The summed E-state index contributed by atoms with van der Waals surface area (Å²) in [7, 11) is 1.81. The molecule has 0 spiro atoms. The number of carbonyl (C=O) groups is 1. The zero-order valence-corrected chi connectivity index (χ0v) is 15.8. The Kier molecular flexibility index (Phi) is 5.46. The fourth-order valence-corrected chi connectivity index (χ4v) is 3.14. The molecule has 0 aliphatic heterocycles. The molecule has 0 saturated carbocycles. The van der Waals surface area contributed by atoms with Crippen LogP contribution in [0.4, 0.5) is 14.9 Å². The first-order chi connectivity index (χ1) is 12.9. The number of nitrogens with one attached hydrogen (secondary N) is 2. The highest BCUT2D eigenvalue weighted by atomic mass is 35.5. The maximum Gasteiger partial charge on any atom is 0.322 e. The minimum Gasteiger partial charge on any atom is -0.336 e. The van der Waals surface area contributed by atoms with Gasteiger partial charge in [0.2, 0.25) is 0 Å². The van der Waals surface area contributed by atoms with E-state index in [9.17, 15) is 9.18 Å². The molecular formula is C20H20ClFN4O. The van der Waals surface area contributed by atoms with E-state index in [-0.39, 0.29) is 11.1 Å². The molecule has 0 unspecified atom stereocenters. The van der Waals surface area contributed by atoms with Gasteiger partial charge in [-0.1, -0.05) is 35.9 Å². The third-order valence-electron chi connectivity index (χ3n) is 4.43. The number of fused-ring (bicyclic) bond motifs is 1. The number of rotatable bonds is 4. The molecule has 140 valence electrons. The van der Waals surface area contributed by atoms with E-state index in [0.29, 0.717) is 24.3 Å². The van der Waals surface area contributed by atoms with Gasteiger partial charge in [0.25, 0.3) is 0 Å². The van der Waals surface area contributed by atoms with Crippen molar-refractivity contribution >= 4 is 34.1 Å². The molecule has 27 heavy (non-hydrogen) atoms. The summed E-state index contributed by atoms with van der Waals surface area (Å²) in [6.45, 7) is 2.76. The largest absolute Gasteiger partial charge is 0.336 e. The van der Waals surface area contributed by atoms with Crippen LogP contribution in [0.25, 0.3) is 10.8 Å². The smallest absolute Gasteiger partial charge is 0.322 e. The summed E-state index contributed by atoms with van der Waals surface area (Å²) in [6, 6.07) is 11.4. The van der Waals surface area contributed by atoms with Crippen LogP contribution < -0.4 is 10.8 Å². The number of aryl methyl sites for hydroxylation is 1. The molecular weight excluding hydrogens is 367 g/mol. The minimum absolute atomic E-state index is 0.0418. The number of benzene rings is 2. The molecule has 0 saturated heterocycles. The molecule has 0 aliphatic carbocycles. The summed E-state index contributed by atoms with van der Waals surface area (Å²) in [4.78, 5) is 14.3. The van der Waals surface area contributed by atoms with Gasteiger partial charge in [0.05, 0.1) is 5.02 Å². The Bertz CT molecular complexity index is 1060. The Morgan fingerprint density at radius 3 is 2.63 bits per heavy atom. The maximum absolute atomic E-state index is 13.3. The van der Waals surface area contributed by atoms with E-state index in [1.54, 1.807) is 9.47 Å². The van der Waals surface area contributed by atoms with Crippen LogP contribution in [-0.4, -0.2) is 22.0 Å². The van der Waals surface area contributed by atoms with Crippen LogP contribution >= 0.6 is 11.6 Å². The van der Waals surface area contributed by atoms with Gasteiger partial charge < -0.3 is 14.8 Å². The lowest BCUT2D eigenvalue weighted by atomic mass is 10.1. The quantitative estimate of drug-likeness (QED) is 0.681. The highest BCUT2D eigenvalue weighted by Crippen LogP contribution is 2.21. The van der Waals surface area contributed by atoms with Crippen LogP contribution in [0, 0.1) is 11.2 Å². The molecule has 1 heterocycles. The summed E-state index contributed by atoms with van der Waals surface area (Å²) < 4.78 is 15.0. The van der Waals surface area contributed by atoms with Crippen LogP contribution in [0.3, 0.4) is 0 Å².